The SMILES string of the molecule is COc1cc(/C=N\NC(=O)c2ccc(C)o2)cc(I)c1OCc1cccc2ccccc12. The lowest BCUT2D eigenvalue weighted by Gasteiger charge is -2.14. The molecular weight excluding hydrogens is 519 g/mol. The fourth-order valence-electron chi connectivity index (χ4n) is 3.30. The lowest BCUT2D eigenvalue weighted by atomic mass is 10.1. The van der Waals surface area contributed by atoms with Crippen LogP contribution in [0.3, 0.4) is 0 Å². The monoisotopic (exact) mass is 540 g/mol. The first-order valence-corrected chi connectivity index (χ1v) is 11.0. The molecule has 0 radical (unpaired) electrons. The first-order chi connectivity index (χ1) is 15.5. The highest BCUT2D eigenvalue weighted by atomic mass is 127. The third-order valence-corrected chi connectivity index (χ3v) is 5.65. The maximum absolute atomic E-state index is 12.0. The first kappa shape index (κ1) is 21.9. The highest BCUT2D eigenvalue weighted by Gasteiger charge is 2.13. The molecule has 0 unspecified atom stereocenters. The van der Waals surface area contributed by atoms with Crippen LogP contribution in [0.4, 0.5) is 0 Å². The molecule has 0 atom stereocenters. The van der Waals surface area contributed by atoms with E-state index in [4.69, 9.17) is 13.9 Å². The first-order valence-electron chi connectivity index (χ1n) is 9.92. The normalized spacial score (nSPS) is 11.1. The summed E-state index contributed by atoms with van der Waals surface area (Å²) in [4.78, 5) is 12.0. The van der Waals surface area contributed by atoms with Gasteiger partial charge in [-0.05, 0) is 75.7 Å². The Labute approximate surface area is 199 Å². The summed E-state index contributed by atoms with van der Waals surface area (Å²) in [5.41, 5.74) is 4.32. The van der Waals surface area contributed by atoms with Crippen molar-refractivity contribution in [2.24, 2.45) is 5.10 Å². The van der Waals surface area contributed by atoms with Crippen molar-refractivity contribution < 1.29 is 18.7 Å². The Balaban J connectivity index is 1.48. The number of benzene rings is 3. The zero-order valence-corrected chi connectivity index (χ0v) is 19.8. The predicted octanol–water partition coefficient (Wildman–Crippen LogP) is 5.70. The van der Waals surface area contributed by atoms with Crippen molar-refractivity contribution in [3.63, 3.8) is 0 Å². The molecule has 0 fully saturated rings. The zero-order valence-electron chi connectivity index (χ0n) is 17.6. The van der Waals surface area contributed by atoms with Gasteiger partial charge in [0.05, 0.1) is 16.9 Å². The van der Waals surface area contributed by atoms with Crippen LogP contribution in [-0.4, -0.2) is 19.2 Å². The van der Waals surface area contributed by atoms with Gasteiger partial charge in [0.2, 0.25) is 0 Å². The number of hydrazone groups is 1. The lowest BCUT2D eigenvalue weighted by molar-refractivity contribution is 0.0926. The number of nitrogens with one attached hydrogen (secondary N) is 1. The number of carbonyl (C=O) groups is 1. The number of carbonyl (C=O) groups excluding carboxylic acids is 1. The van der Waals surface area contributed by atoms with Crippen molar-refractivity contribution >= 4 is 45.5 Å². The quantitative estimate of drug-likeness (QED) is 0.186. The molecule has 3 aromatic carbocycles. The molecule has 4 aromatic rings. The van der Waals surface area contributed by atoms with Crippen molar-refractivity contribution in [2.45, 2.75) is 13.5 Å². The van der Waals surface area contributed by atoms with Gasteiger partial charge in [-0.3, -0.25) is 4.79 Å². The Morgan fingerprint density at radius 2 is 1.94 bits per heavy atom. The fourth-order valence-corrected chi connectivity index (χ4v) is 4.08. The Hall–Kier alpha value is -3.33. The van der Waals surface area contributed by atoms with Crippen molar-refractivity contribution in [3.05, 3.63) is 92.9 Å². The molecule has 0 saturated carbocycles. The molecule has 0 spiro atoms. The number of amides is 1. The van der Waals surface area contributed by atoms with E-state index in [1.807, 2.05) is 30.3 Å². The minimum atomic E-state index is -0.411. The van der Waals surface area contributed by atoms with Gasteiger partial charge in [-0.2, -0.15) is 5.10 Å². The Morgan fingerprint density at radius 3 is 2.72 bits per heavy atom. The molecule has 162 valence electrons. The molecular formula is C25H21IN2O4. The summed E-state index contributed by atoms with van der Waals surface area (Å²) in [5.74, 6) is 1.72. The van der Waals surface area contributed by atoms with E-state index >= 15 is 0 Å². The Bertz CT molecular complexity index is 1290. The van der Waals surface area contributed by atoms with E-state index < -0.39 is 5.91 Å². The number of nitrogens with zero attached hydrogens (tertiary/aromatic N) is 1. The Kier molecular flexibility index (Phi) is 6.75. The Morgan fingerprint density at radius 1 is 1.12 bits per heavy atom. The summed E-state index contributed by atoms with van der Waals surface area (Å²) in [6.45, 7) is 2.19. The average Bonchev–Trinajstić information content (AvgIpc) is 3.24. The molecule has 0 saturated heterocycles. The van der Waals surface area contributed by atoms with Crippen LogP contribution in [0.5, 0.6) is 11.5 Å². The van der Waals surface area contributed by atoms with Gasteiger partial charge in [-0.1, -0.05) is 42.5 Å². The summed E-state index contributed by atoms with van der Waals surface area (Å²) >= 11 is 2.20. The van der Waals surface area contributed by atoms with Crippen LogP contribution in [0, 0.1) is 10.5 Å². The van der Waals surface area contributed by atoms with Crippen molar-refractivity contribution in [1.29, 1.82) is 0 Å². The molecule has 0 aliphatic carbocycles. The van der Waals surface area contributed by atoms with E-state index in [0.717, 1.165) is 20.1 Å². The summed E-state index contributed by atoms with van der Waals surface area (Å²) in [6.07, 6.45) is 1.55. The molecule has 7 heteroatoms. The van der Waals surface area contributed by atoms with Crippen LogP contribution in [0.1, 0.15) is 27.4 Å². The summed E-state index contributed by atoms with van der Waals surface area (Å²) < 4.78 is 17.9. The van der Waals surface area contributed by atoms with Gasteiger partial charge in [0.25, 0.3) is 0 Å². The molecule has 0 aliphatic rings. The highest BCUT2D eigenvalue weighted by molar-refractivity contribution is 14.1. The van der Waals surface area contributed by atoms with Crippen LogP contribution < -0.4 is 14.9 Å². The average molecular weight is 540 g/mol. The van der Waals surface area contributed by atoms with Crippen LogP contribution in [0.25, 0.3) is 10.8 Å². The molecule has 0 bridgehead atoms. The number of rotatable bonds is 7. The van der Waals surface area contributed by atoms with Crippen LogP contribution in [0.15, 0.2) is 76.2 Å². The summed E-state index contributed by atoms with van der Waals surface area (Å²) in [6, 6.07) is 21.5. The third kappa shape index (κ3) is 4.94. The maximum Gasteiger partial charge on any atom is 0.307 e. The van der Waals surface area contributed by atoms with Crippen molar-refractivity contribution in [3.8, 4) is 11.5 Å². The highest BCUT2D eigenvalue weighted by Crippen LogP contribution is 2.34. The van der Waals surface area contributed by atoms with Crippen LogP contribution >= 0.6 is 22.6 Å². The van der Waals surface area contributed by atoms with E-state index in [1.165, 1.54) is 5.39 Å². The number of aryl methyl sites for hydroxylation is 1. The second-order valence-electron chi connectivity index (χ2n) is 7.07. The summed E-state index contributed by atoms with van der Waals surface area (Å²) in [7, 11) is 1.60. The van der Waals surface area contributed by atoms with E-state index in [9.17, 15) is 4.79 Å². The molecule has 6 nitrogen and oxygen atoms in total. The van der Waals surface area contributed by atoms with Gasteiger partial charge in [0, 0.05) is 0 Å². The van der Waals surface area contributed by atoms with Gasteiger partial charge in [0.15, 0.2) is 17.3 Å². The minimum absolute atomic E-state index is 0.212. The zero-order chi connectivity index (χ0) is 22.5. The van der Waals surface area contributed by atoms with E-state index in [2.05, 4.69) is 57.4 Å². The van der Waals surface area contributed by atoms with Gasteiger partial charge in [0.1, 0.15) is 12.4 Å². The van der Waals surface area contributed by atoms with Crippen LogP contribution in [0.2, 0.25) is 0 Å². The fraction of sp³-hybridized carbons (Fsp3) is 0.120. The molecule has 1 amide bonds. The van der Waals surface area contributed by atoms with Crippen molar-refractivity contribution in [2.75, 3.05) is 7.11 Å². The van der Waals surface area contributed by atoms with Gasteiger partial charge in [-0.15, -0.1) is 0 Å². The molecule has 1 aromatic heterocycles. The third-order valence-electron chi connectivity index (χ3n) is 4.85. The maximum atomic E-state index is 12.0. The van der Waals surface area contributed by atoms with E-state index in [0.29, 0.717) is 23.9 Å². The molecule has 4 rings (SSSR count). The lowest BCUT2D eigenvalue weighted by Crippen LogP contribution is -2.16. The smallest absolute Gasteiger partial charge is 0.307 e. The summed E-state index contributed by atoms with van der Waals surface area (Å²) in [5, 5.41) is 6.35. The number of hydrogen-bond donors (Lipinski definition) is 1. The van der Waals surface area contributed by atoms with E-state index in [1.54, 1.807) is 32.4 Å². The van der Waals surface area contributed by atoms with E-state index in [-0.39, 0.29) is 5.76 Å². The largest absolute Gasteiger partial charge is 0.493 e. The molecule has 0 aliphatic heterocycles. The number of furan rings is 1. The molecule has 32 heavy (non-hydrogen) atoms. The standard InChI is InChI=1S/C25H21IN2O4/c1-16-10-11-22(32-16)25(29)28-27-14-17-12-21(26)24(23(13-17)30-2)31-15-19-8-5-7-18-6-3-4-9-20(18)19/h3-14H,15H2,1-2H3,(H,28,29)/b27-14-. The number of fused-ring (bicyclic) bond motifs is 1. The van der Waals surface area contributed by atoms with Crippen LogP contribution in [-0.2, 0) is 6.61 Å². The second-order valence-corrected chi connectivity index (χ2v) is 8.23. The topological polar surface area (TPSA) is 73.1 Å². The van der Waals surface area contributed by atoms with Gasteiger partial charge < -0.3 is 13.9 Å². The molecule has 1 heterocycles. The number of ether oxygens (including phenoxy) is 2. The van der Waals surface area contributed by atoms with Gasteiger partial charge in [-0.25, -0.2) is 5.43 Å². The second kappa shape index (κ2) is 9.86. The number of hydrogen-bond acceptors (Lipinski definition) is 5. The molecule has 1 N–H and O–H groups in total. The number of halogens is 1. The van der Waals surface area contributed by atoms with Crippen molar-refractivity contribution in [1.82, 2.24) is 5.43 Å². The predicted molar refractivity (Wildman–Crippen MR) is 132 cm³/mol. The van der Waals surface area contributed by atoms with Gasteiger partial charge >= 0.3 is 5.91 Å². The number of methoxy groups -OCH3 is 1. The minimum Gasteiger partial charge on any atom is -0.493 e.